The smallest absolute Gasteiger partial charge is 0.399 e. The maximum atomic E-state index is 14.7. The van der Waals surface area contributed by atoms with Crippen molar-refractivity contribution in [1.82, 2.24) is 9.78 Å². The molecule has 1 aliphatic heterocycles. The van der Waals surface area contributed by atoms with Crippen LogP contribution in [0.3, 0.4) is 0 Å². The number of amides is 1. The van der Waals surface area contributed by atoms with Gasteiger partial charge in [-0.3, -0.25) is 9.48 Å². The van der Waals surface area contributed by atoms with Gasteiger partial charge >= 0.3 is 7.12 Å². The van der Waals surface area contributed by atoms with Gasteiger partial charge in [0.15, 0.2) is 0 Å². The largest absolute Gasteiger partial charge is 0.495 e. The van der Waals surface area contributed by atoms with Gasteiger partial charge in [-0.25, -0.2) is 4.39 Å². The molecule has 0 bridgehead atoms. The van der Waals surface area contributed by atoms with E-state index in [4.69, 9.17) is 9.31 Å². The van der Waals surface area contributed by atoms with Crippen LogP contribution in [-0.2, 0) is 16.4 Å². The molecule has 6 nitrogen and oxygen atoms in total. The Morgan fingerprint density at radius 2 is 1.74 bits per heavy atom. The van der Waals surface area contributed by atoms with Gasteiger partial charge in [0.1, 0.15) is 11.5 Å². The molecule has 0 spiro atoms. The minimum absolute atomic E-state index is 0.110. The van der Waals surface area contributed by atoms with E-state index in [1.807, 2.05) is 34.6 Å². The number of carbonyl (C=O) groups is 1. The molecule has 0 aliphatic carbocycles. The van der Waals surface area contributed by atoms with Gasteiger partial charge in [-0.05, 0) is 70.3 Å². The van der Waals surface area contributed by atoms with E-state index in [1.54, 1.807) is 26.2 Å². The number of anilines is 1. The van der Waals surface area contributed by atoms with Crippen LogP contribution in [0.25, 0.3) is 0 Å². The molecule has 1 N–H and O–H groups in total. The third-order valence-corrected chi connectivity index (χ3v) is 5.45. The fourth-order valence-electron chi connectivity index (χ4n) is 3.07. The Labute approximate surface area is 159 Å². The summed E-state index contributed by atoms with van der Waals surface area (Å²) in [5, 5.41) is 6.67. The van der Waals surface area contributed by atoms with Gasteiger partial charge in [0, 0.05) is 7.05 Å². The first kappa shape index (κ1) is 19.6. The van der Waals surface area contributed by atoms with Crippen molar-refractivity contribution < 1.29 is 18.5 Å². The third kappa shape index (κ3) is 3.39. The molecule has 1 aliphatic rings. The van der Waals surface area contributed by atoms with Crippen molar-refractivity contribution in [3.63, 3.8) is 0 Å². The van der Waals surface area contributed by atoms with Crippen LogP contribution in [0.5, 0.6) is 0 Å². The first-order valence-corrected chi connectivity index (χ1v) is 8.88. The van der Waals surface area contributed by atoms with Crippen molar-refractivity contribution >= 4 is 24.2 Å². The summed E-state index contributed by atoms with van der Waals surface area (Å²) in [4.78, 5) is 12.5. The van der Waals surface area contributed by atoms with Crippen LogP contribution in [-0.4, -0.2) is 34.0 Å². The summed E-state index contributed by atoms with van der Waals surface area (Å²) in [5.74, 6) is -0.951. The molecule has 2 aromatic rings. The van der Waals surface area contributed by atoms with E-state index in [0.29, 0.717) is 11.2 Å². The molecule has 1 aromatic heterocycles. The average molecular weight is 373 g/mol. The zero-order valence-corrected chi connectivity index (χ0v) is 16.8. The number of aryl methyl sites for hydroxylation is 3. The number of halogens is 1. The molecule has 2 heterocycles. The van der Waals surface area contributed by atoms with Gasteiger partial charge in [0.05, 0.1) is 23.1 Å². The van der Waals surface area contributed by atoms with Crippen LogP contribution >= 0.6 is 0 Å². The van der Waals surface area contributed by atoms with E-state index in [2.05, 4.69) is 10.4 Å². The highest BCUT2D eigenvalue weighted by Gasteiger charge is 2.52. The first-order chi connectivity index (χ1) is 12.4. The second kappa shape index (κ2) is 6.46. The molecule has 1 amide bonds. The van der Waals surface area contributed by atoms with Crippen molar-refractivity contribution in [3.8, 4) is 0 Å². The van der Waals surface area contributed by atoms with Gasteiger partial charge in [-0.2, -0.15) is 5.10 Å². The van der Waals surface area contributed by atoms with Crippen molar-refractivity contribution in [2.45, 2.75) is 52.7 Å². The van der Waals surface area contributed by atoms with Crippen molar-refractivity contribution in [1.29, 1.82) is 0 Å². The van der Waals surface area contributed by atoms with E-state index in [1.165, 1.54) is 10.7 Å². The quantitative estimate of drug-likeness (QED) is 0.841. The van der Waals surface area contributed by atoms with E-state index < -0.39 is 30.0 Å². The van der Waals surface area contributed by atoms with Gasteiger partial charge in [0.2, 0.25) is 0 Å². The molecule has 1 saturated heterocycles. The second-order valence-corrected chi connectivity index (χ2v) is 8.03. The summed E-state index contributed by atoms with van der Waals surface area (Å²) >= 11 is 0. The first-order valence-electron chi connectivity index (χ1n) is 8.88. The Hall–Kier alpha value is -2.19. The molecule has 8 heteroatoms. The topological polar surface area (TPSA) is 65.4 Å². The molecule has 0 radical (unpaired) electrons. The van der Waals surface area contributed by atoms with Crippen molar-refractivity contribution in [2.75, 3.05) is 5.32 Å². The molecular formula is C19H25BFN3O3. The van der Waals surface area contributed by atoms with Gasteiger partial charge in [0.25, 0.3) is 5.91 Å². The number of nitrogens with one attached hydrogen (secondary N) is 1. The number of rotatable bonds is 3. The summed E-state index contributed by atoms with van der Waals surface area (Å²) in [5.41, 5.74) is 1.59. The molecule has 1 fully saturated rings. The number of hydrogen-bond donors (Lipinski definition) is 1. The lowest BCUT2D eigenvalue weighted by Gasteiger charge is -2.32. The zero-order chi connectivity index (χ0) is 20.1. The van der Waals surface area contributed by atoms with Crippen LogP contribution in [0.2, 0.25) is 0 Å². The Balaban J connectivity index is 1.87. The van der Waals surface area contributed by atoms with Crippen molar-refractivity contribution in [2.24, 2.45) is 7.05 Å². The van der Waals surface area contributed by atoms with E-state index in [0.717, 1.165) is 11.1 Å². The SMILES string of the molecule is Cc1cc(NC(=O)c2c(C)cnn2C)c(F)cc1B1OC(C)(C)C(C)(C)O1. The van der Waals surface area contributed by atoms with E-state index >= 15 is 0 Å². The second-order valence-electron chi connectivity index (χ2n) is 8.03. The highest BCUT2D eigenvalue weighted by atomic mass is 19.1. The highest BCUT2D eigenvalue weighted by Crippen LogP contribution is 2.37. The van der Waals surface area contributed by atoms with Crippen LogP contribution in [0, 0.1) is 19.7 Å². The van der Waals surface area contributed by atoms with Crippen LogP contribution in [0.15, 0.2) is 18.3 Å². The van der Waals surface area contributed by atoms with Crippen molar-refractivity contribution in [3.05, 3.63) is 41.0 Å². The van der Waals surface area contributed by atoms with Crippen LogP contribution in [0.4, 0.5) is 10.1 Å². The number of hydrogen-bond acceptors (Lipinski definition) is 4. The number of benzene rings is 1. The Morgan fingerprint density at radius 3 is 2.26 bits per heavy atom. The fraction of sp³-hybridized carbons (Fsp3) is 0.474. The van der Waals surface area contributed by atoms with E-state index in [9.17, 15) is 9.18 Å². The standard InChI is InChI=1S/C19H25BFN3O3/c1-11-8-15(23-17(25)16-12(2)10-22-24(16)7)14(21)9-13(11)20-26-18(3,4)19(5,6)27-20/h8-10H,1-7H3,(H,23,25). The minimum Gasteiger partial charge on any atom is -0.399 e. The number of aromatic nitrogens is 2. The minimum atomic E-state index is -0.659. The zero-order valence-electron chi connectivity index (χ0n) is 16.8. The van der Waals surface area contributed by atoms with Gasteiger partial charge in [-0.1, -0.05) is 0 Å². The normalized spacial score (nSPS) is 18.0. The molecule has 144 valence electrons. The number of nitrogens with zero attached hydrogens (tertiary/aromatic N) is 2. The van der Waals surface area contributed by atoms with Gasteiger partial charge in [-0.15, -0.1) is 0 Å². The summed E-state index contributed by atoms with van der Waals surface area (Å²) in [7, 11) is 1.01. The molecule has 0 unspecified atom stereocenters. The highest BCUT2D eigenvalue weighted by molar-refractivity contribution is 6.62. The lowest BCUT2D eigenvalue weighted by Crippen LogP contribution is -2.41. The molecular weight excluding hydrogens is 348 g/mol. The molecule has 3 rings (SSSR count). The Kier molecular flexibility index (Phi) is 4.68. The fourth-order valence-corrected chi connectivity index (χ4v) is 3.07. The molecule has 0 atom stereocenters. The van der Waals surface area contributed by atoms with Crippen LogP contribution in [0.1, 0.15) is 49.3 Å². The maximum absolute atomic E-state index is 14.7. The summed E-state index contributed by atoms with van der Waals surface area (Å²) in [6.45, 7) is 11.4. The molecule has 1 aromatic carbocycles. The summed E-state index contributed by atoms with van der Waals surface area (Å²) < 4.78 is 28.2. The van der Waals surface area contributed by atoms with Crippen LogP contribution < -0.4 is 10.8 Å². The average Bonchev–Trinajstić information content (AvgIpc) is 2.98. The summed E-state index contributed by atoms with van der Waals surface area (Å²) in [6, 6.07) is 2.96. The lowest BCUT2D eigenvalue weighted by atomic mass is 9.76. The lowest BCUT2D eigenvalue weighted by molar-refractivity contribution is 0.00578. The molecule has 27 heavy (non-hydrogen) atoms. The summed E-state index contributed by atoms with van der Waals surface area (Å²) in [6.07, 6.45) is 1.60. The Morgan fingerprint density at radius 1 is 1.15 bits per heavy atom. The third-order valence-electron chi connectivity index (χ3n) is 5.45. The van der Waals surface area contributed by atoms with Gasteiger partial charge < -0.3 is 14.6 Å². The monoisotopic (exact) mass is 373 g/mol. The number of carbonyl (C=O) groups excluding carboxylic acids is 1. The molecule has 0 saturated carbocycles. The Bertz CT molecular complexity index is 872. The maximum Gasteiger partial charge on any atom is 0.495 e. The van der Waals surface area contributed by atoms with E-state index in [-0.39, 0.29) is 5.69 Å². The predicted molar refractivity (Wildman–Crippen MR) is 103 cm³/mol. The predicted octanol–water partition coefficient (Wildman–Crippen LogP) is 2.73.